The van der Waals surface area contributed by atoms with Crippen molar-refractivity contribution in [2.24, 2.45) is 0 Å². The predicted octanol–water partition coefficient (Wildman–Crippen LogP) is 1.17. The zero-order valence-electron chi connectivity index (χ0n) is 5.01. The highest BCUT2D eigenvalue weighted by Crippen LogP contribution is 1.96. The maximum absolute atomic E-state index is 4.78. The van der Waals surface area contributed by atoms with E-state index in [9.17, 15) is 0 Å². The van der Waals surface area contributed by atoms with Crippen LogP contribution in [0.4, 0.5) is 5.82 Å². The minimum atomic E-state index is 0.735. The van der Waals surface area contributed by atoms with E-state index in [1.807, 2.05) is 6.92 Å². The van der Waals surface area contributed by atoms with Gasteiger partial charge in [0.25, 0.3) is 0 Å². The van der Waals surface area contributed by atoms with Crippen molar-refractivity contribution in [2.75, 3.05) is 5.32 Å². The van der Waals surface area contributed by atoms with Crippen LogP contribution in [0.3, 0.4) is 0 Å². The van der Waals surface area contributed by atoms with Crippen molar-refractivity contribution in [1.82, 2.24) is 9.97 Å². The van der Waals surface area contributed by atoms with Gasteiger partial charge in [-0.3, -0.25) is 0 Å². The normalized spacial score (nSPS) is 9.00. The van der Waals surface area contributed by atoms with Crippen LogP contribution in [0.15, 0.2) is 12.5 Å². The van der Waals surface area contributed by atoms with Crippen LogP contribution in [0.5, 0.6) is 0 Å². The number of hydrogen-bond acceptors (Lipinski definition) is 2. The summed E-state index contributed by atoms with van der Waals surface area (Å²) >= 11 is 4.78. The Kier molecular flexibility index (Phi) is 1.79. The lowest BCUT2D eigenvalue weighted by Crippen LogP contribution is -2.02. The molecular formula is C5H7N3S. The lowest BCUT2D eigenvalue weighted by molar-refractivity contribution is 1.31. The molecule has 0 fully saturated rings. The molecule has 2 N–H and O–H groups in total. The molecule has 0 aliphatic heterocycles. The quantitative estimate of drug-likeness (QED) is 0.577. The summed E-state index contributed by atoms with van der Waals surface area (Å²) in [4.78, 5) is 7.39. The zero-order chi connectivity index (χ0) is 6.69. The first-order chi connectivity index (χ1) is 4.29. The summed E-state index contributed by atoms with van der Waals surface area (Å²) in [6.07, 6.45) is 3.27. The molecule has 0 unspecified atom stereocenters. The van der Waals surface area contributed by atoms with Crippen LogP contribution in [0.25, 0.3) is 0 Å². The topological polar surface area (TPSA) is 40.7 Å². The maximum atomic E-state index is 4.78. The summed E-state index contributed by atoms with van der Waals surface area (Å²) in [5.74, 6) is 0.836. The van der Waals surface area contributed by atoms with Crippen molar-refractivity contribution < 1.29 is 0 Å². The first-order valence-corrected chi connectivity index (χ1v) is 2.96. The molecule has 1 aromatic rings. The van der Waals surface area contributed by atoms with E-state index in [-0.39, 0.29) is 0 Å². The van der Waals surface area contributed by atoms with E-state index >= 15 is 0 Å². The summed E-state index contributed by atoms with van der Waals surface area (Å²) in [6, 6.07) is 0. The number of nitrogens with one attached hydrogen (secondary N) is 2. The highest BCUT2D eigenvalue weighted by Gasteiger charge is 1.89. The average molecular weight is 141 g/mol. The fourth-order valence-electron chi connectivity index (χ4n) is 0.514. The number of rotatable bonds is 1. The zero-order valence-corrected chi connectivity index (χ0v) is 5.83. The molecule has 4 heteroatoms. The fourth-order valence-corrected chi connectivity index (χ4v) is 0.624. The van der Waals surface area contributed by atoms with Crippen LogP contribution in [-0.4, -0.2) is 15.0 Å². The first kappa shape index (κ1) is 6.22. The van der Waals surface area contributed by atoms with Gasteiger partial charge in [0.15, 0.2) is 0 Å². The minimum absolute atomic E-state index is 0.735. The Morgan fingerprint density at radius 3 is 3.11 bits per heavy atom. The second kappa shape index (κ2) is 2.59. The summed E-state index contributed by atoms with van der Waals surface area (Å²) in [7, 11) is 0. The number of thiocarbonyl (C=S) groups is 1. The first-order valence-electron chi connectivity index (χ1n) is 2.55. The van der Waals surface area contributed by atoms with Crippen LogP contribution in [0.2, 0.25) is 0 Å². The van der Waals surface area contributed by atoms with Crippen LogP contribution in [-0.2, 0) is 0 Å². The summed E-state index contributed by atoms with van der Waals surface area (Å²) < 4.78 is 0. The SMILES string of the molecule is CC(=S)Nc1cnc[nH]1. The van der Waals surface area contributed by atoms with Crippen LogP contribution in [0, 0.1) is 0 Å². The Bertz CT molecular complexity index is 192. The Balaban J connectivity index is 2.58. The summed E-state index contributed by atoms with van der Waals surface area (Å²) in [5.41, 5.74) is 0. The third-order valence-electron chi connectivity index (χ3n) is 0.809. The van der Waals surface area contributed by atoms with Gasteiger partial charge in [-0.15, -0.1) is 0 Å². The molecule has 1 rings (SSSR count). The van der Waals surface area contributed by atoms with E-state index < -0.39 is 0 Å². The van der Waals surface area contributed by atoms with Crippen molar-refractivity contribution in [1.29, 1.82) is 0 Å². The molecular weight excluding hydrogens is 134 g/mol. The third kappa shape index (κ3) is 1.81. The minimum Gasteiger partial charge on any atom is -0.335 e. The number of anilines is 1. The van der Waals surface area contributed by atoms with E-state index in [2.05, 4.69) is 15.3 Å². The molecule has 3 nitrogen and oxygen atoms in total. The van der Waals surface area contributed by atoms with Gasteiger partial charge in [0.2, 0.25) is 0 Å². The molecule has 0 bridgehead atoms. The molecule has 0 aromatic carbocycles. The Morgan fingerprint density at radius 1 is 1.89 bits per heavy atom. The largest absolute Gasteiger partial charge is 0.335 e. The maximum Gasteiger partial charge on any atom is 0.128 e. The van der Waals surface area contributed by atoms with Gasteiger partial charge in [0, 0.05) is 0 Å². The molecule has 0 atom stereocenters. The van der Waals surface area contributed by atoms with E-state index in [0.29, 0.717) is 0 Å². The highest BCUT2D eigenvalue weighted by molar-refractivity contribution is 7.80. The van der Waals surface area contributed by atoms with Gasteiger partial charge in [0.05, 0.1) is 17.5 Å². The lowest BCUT2D eigenvalue weighted by atomic mass is 10.6. The molecule has 0 radical (unpaired) electrons. The third-order valence-corrected chi connectivity index (χ3v) is 0.911. The lowest BCUT2D eigenvalue weighted by Gasteiger charge is -1.95. The van der Waals surface area contributed by atoms with Crippen molar-refractivity contribution in [3.8, 4) is 0 Å². The standard InChI is InChI=1S/C5H7N3S/c1-4(9)8-5-2-6-3-7-5/h2-3H,1H3,(H,6,7)(H,8,9). The average Bonchev–Trinajstić information content (AvgIpc) is 2.15. The highest BCUT2D eigenvalue weighted by atomic mass is 32.1. The smallest absolute Gasteiger partial charge is 0.128 e. The molecule has 9 heavy (non-hydrogen) atoms. The van der Waals surface area contributed by atoms with Crippen LogP contribution >= 0.6 is 12.2 Å². The Hall–Kier alpha value is -0.900. The van der Waals surface area contributed by atoms with Gasteiger partial charge in [-0.05, 0) is 6.92 Å². The predicted molar refractivity (Wildman–Crippen MR) is 40.5 cm³/mol. The van der Waals surface area contributed by atoms with E-state index in [1.165, 1.54) is 0 Å². The van der Waals surface area contributed by atoms with E-state index in [4.69, 9.17) is 12.2 Å². The number of H-pyrrole nitrogens is 1. The van der Waals surface area contributed by atoms with Crippen LogP contribution in [0.1, 0.15) is 6.92 Å². The summed E-state index contributed by atoms with van der Waals surface area (Å²) in [5, 5.41) is 2.90. The Labute approximate surface area is 58.5 Å². The summed E-state index contributed by atoms with van der Waals surface area (Å²) in [6.45, 7) is 1.82. The van der Waals surface area contributed by atoms with Gasteiger partial charge in [-0.2, -0.15) is 0 Å². The molecule has 0 amide bonds. The van der Waals surface area contributed by atoms with E-state index in [0.717, 1.165) is 10.8 Å². The second-order valence-electron chi connectivity index (χ2n) is 1.65. The number of hydrogen-bond donors (Lipinski definition) is 2. The van der Waals surface area contributed by atoms with Crippen molar-refractivity contribution >= 4 is 23.0 Å². The molecule has 1 aromatic heterocycles. The monoisotopic (exact) mass is 141 g/mol. The molecule has 0 aliphatic rings. The Morgan fingerprint density at radius 2 is 2.67 bits per heavy atom. The fraction of sp³-hybridized carbons (Fsp3) is 0.200. The second-order valence-corrected chi connectivity index (χ2v) is 2.26. The van der Waals surface area contributed by atoms with Gasteiger partial charge in [-0.25, -0.2) is 4.98 Å². The van der Waals surface area contributed by atoms with Crippen molar-refractivity contribution in [2.45, 2.75) is 6.92 Å². The van der Waals surface area contributed by atoms with Crippen molar-refractivity contribution in [3.05, 3.63) is 12.5 Å². The van der Waals surface area contributed by atoms with Gasteiger partial charge in [0.1, 0.15) is 5.82 Å². The molecule has 0 saturated heterocycles. The number of nitrogens with zero attached hydrogens (tertiary/aromatic N) is 1. The number of imidazole rings is 1. The van der Waals surface area contributed by atoms with Crippen molar-refractivity contribution in [3.63, 3.8) is 0 Å². The molecule has 0 saturated carbocycles. The molecule has 0 aliphatic carbocycles. The van der Waals surface area contributed by atoms with Gasteiger partial charge in [-0.1, -0.05) is 12.2 Å². The van der Waals surface area contributed by atoms with Crippen LogP contribution < -0.4 is 5.32 Å². The van der Waals surface area contributed by atoms with E-state index in [1.54, 1.807) is 12.5 Å². The molecule has 48 valence electrons. The molecule has 1 heterocycles. The number of aromatic amines is 1. The molecule has 0 spiro atoms. The number of aromatic nitrogens is 2. The van der Waals surface area contributed by atoms with Gasteiger partial charge < -0.3 is 10.3 Å². The van der Waals surface area contributed by atoms with Gasteiger partial charge >= 0.3 is 0 Å².